The summed E-state index contributed by atoms with van der Waals surface area (Å²) in [5.41, 5.74) is 2.32. The van der Waals surface area contributed by atoms with Gasteiger partial charge in [-0.15, -0.1) is 0 Å². The van der Waals surface area contributed by atoms with Crippen LogP contribution in [0.1, 0.15) is 61.5 Å². The van der Waals surface area contributed by atoms with Gasteiger partial charge >= 0.3 is 11.9 Å². The minimum Gasteiger partial charge on any atom is -0.460 e. The lowest BCUT2D eigenvalue weighted by Crippen LogP contribution is -2.36. The smallest absolute Gasteiger partial charge is 0.344 e. The van der Waals surface area contributed by atoms with E-state index in [1.54, 1.807) is 6.07 Å². The lowest BCUT2D eigenvalue weighted by Gasteiger charge is -2.36. The summed E-state index contributed by atoms with van der Waals surface area (Å²) in [6.45, 7) is 9.97. The number of hydrogen-bond acceptors (Lipinski definition) is 4. The molecule has 0 heterocycles. The number of ether oxygens (including phenoxy) is 2. The van der Waals surface area contributed by atoms with Crippen LogP contribution < -0.4 is 0 Å². The third kappa shape index (κ3) is 5.32. The van der Waals surface area contributed by atoms with Crippen molar-refractivity contribution in [3.05, 3.63) is 34.9 Å². The van der Waals surface area contributed by atoms with Crippen LogP contribution in [-0.2, 0) is 14.3 Å². The van der Waals surface area contributed by atoms with Crippen molar-refractivity contribution in [3.8, 4) is 0 Å². The molecule has 1 saturated carbocycles. The highest BCUT2D eigenvalue weighted by Crippen LogP contribution is 2.35. The van der Waals surface area contributed by atoms with E-state index in [0.717, 1.165) is 24.0 Å². The Balaban J connectivity index is 1.91. The van der Waals surface area contributed by atoms with Crippen molar-refractivity contribution in [2.24, 2.45) is 17.8 Å². The van der Waals surface area contributed by atoms with Crippen LogP contribution in [0, 0.1) is 31.6 Å². The Kier molecular flexibility index (Phi) is 6.63. The topological polar surface area (TPSA) is 52.6 Å². The second-order valence-electron chi connectivity index (χ2n) is 7.75. The third-order valence-electron chi connectivity index (χ3n) is 5.18. The molecule has 4 heteroatoms. The molecule has 0 bridgehead atoms. The molecule has 1 aliphatic rings. The third-order valence-corrected chi connectivity index (χ3v) is 5.18. The second-order valence-corrected chi connectivity index (χ2v) is 7.75. The van der Waals surface area contributed by atoms with Gasteiger partial charge in [0.15, 0.2) is 6.61 Å². The first-order valence-corrected chi connectivity index (χ1v) is 9.21. The summed E-state index contributed by atoms with van der Waals surface area (Å²) in [5, 5.41) is 0. The van der Waals surface area contributed by atoms with E-state index in [1.165, 1.54) is 6.42 Å². The van der Waals surface area contributed by atoms with Crippen molar-refractivity contribution in [1.82, 2.24) is 0 Å². The summed E-state index contributed by atoms with van der Waals surface area (Å²) >= 11 is 0. The van der Waals surface area contributed by atoms with Gasteiger partial charge in [0, 0.05) is 0 Å². The molecule has 1 aromatic rings. The number of esters is 2. The van der Waals surface area contributed by atoms with Crippen LogP contribution >= 0.6 is 0 Å². The molecule has 4 nitrogen and oxygen atoms in total. The first-order chi connectivity index (χ1) is 11.8. The predicted molar refractivity (Wildman–Crippen MR) is 97.4 cm³/mol. The molecule has 0 saturated heterocycles. The highest BCUT2D eigenvalue weighted by molar-refractivity contribution is 5.92. The van der Waals surface area contributed by atoms with E-state index in [9.17, 15) is 9.59 Å². The summed E-state index contributed by atoms with van der Waals surface area (Å²) in [6.07, 6.45) is 3.08. The van der Waals surface area contributed by atoms with Gasteiger partial charge in [0.2, 0.25) is 0 Å². The van der Waals surface area contributed by atoms with Crippen molar-refractivity contribution in [3.63, 3.8) is 0 Å². The van der Waals surface area contributed by atoms with Crippen LogP contribution in [0.5, 0.6) is 0 Å². The maximum absolute atomic E-state index is 12.2. The van der Waals surface area contributed by atoms with Crippen molar-refractivity contribution in [2.75, 3.05) is 6.61 Å². The van der Waals surface area contributed by atoms with Crippen molar-refractivity contribution in [1.29, 1.82) is 0 Å². The monoisotopic (exact) mass is 346 g/mol. The molecular formula is C21H30O4. The largest absolute Gasteiger partial charge is 0.460 e. The SMILES string of the molecule is Cc1ccc(C)c(C(=O)OCC(=O)O[C@@H]2C[C@H](C)CC[C@@H]2C(C)C)c1. The molecule has 0 amide bonds. The minimum absolute atomic E-state index is 0.0735. The molecule has 2 rings (SSSR count). The van der Waals surface area contributed by atoms with Crippen LogP contribution in [0.25, 0.3) is 0 Å². The number of benzene rings is 1. The molecule has 0 N–H and O–H groups in total. The Morgan fingerprint density at radius 2 is 1.92 bits per heavy atom. The maximum atomic E-state index is 12.2. The van der Waals surface area contributed by atoms with E-state index in [2.05, 4.69) is 20.8 Å². The van der Waals surface area contributed by atoms with Gasteiger partial charge in [-0.2, -0.15) is 0 Å². The Hall–Kier alpha value is -1.84. The Bertz CT molecular complexity index is 620. The molecule has 0 radical (unpaired) electrons. The molecule has 1 aromatic carbocycles. The average molecular weight is 346 g/mol. The van der Waals surface area contributed by atoms with Crippen LogP contribution in [-0.4, -0.2) is 24.6 Å². The summed E-state index contributed by atoms with van der Waals surface area (Å²) < 4.78 is 10.8. The van der Waals surface area contributed by atoms with Crippen LogP contribution in [0.15, 0.2) is 18.2 Å². The highest BCUT2D eigenvalue weighted by atomic mass is 16.6. The standard InChI is InChI=1S/C21H30O4/c1-13(2)17-9-7-15(4)11-19(17)25-20(22)12-24-21(23)18-10-14(3)6-8-16(18)5/h6,8,10,13,15,17,19H,7,9,11-12H2,1-5H3/t15-,17-,19-/m1/s1. The zero-order valence-electron chi connectivity index (χ0n) is 16.0. The molecule has 3 atom stereocenters. The molecule has 138 valence electrons. The van der Waals surface area contributed by atoms with Crippen LogP contribution in [0.2, 0.25) is 0 Å². The van der Waals surface area contributed by atoms with E-state index in [-0.39, 0.29) is 12.7 Å². The fourth-order valence-electron chi connectivity index (χ4n) is 3.61. The predicted octanol–water partition coefficient (Wildman–Crippen LogP) is 4.46. The first-order valence-electron chi connectivity index (χ1n) is 9.21. The number of rotatable bonds is 5. The van der Waals surface area contributed by atoms with E-state index in [0.29, 0.717) is 23.3 Å². The quantitative estimate of drug-likeness (QED) is 0.739. The van der Waals surface area contributed by atoms with Crippen molar-refractivity contribution < 1.29 is 19.1 Å². The summed E-state index contributed by atoms with van der Waals surface area (Å²) in [4.78, 5) is 24.4. The number of aryl methyl sites for hydroxylation is 2. The summed E-state index contributed by atoms with van der Waals surface area (Å²) in [6, 6.07) is 5.60. The second kappa shape index (κ2) is 8.50. The first kappa shape index (κ1) is 19.5. The lowest BCUT2D eigenvalue weighted by atomic mass is 9.75. The van der Waals surface area contributed by atoms with Gasteiger partial charge in [0.1, 0.15) is 6.10 Å². The Morgan fingerprint density at radius 1 is 1.20 bits per heavy atom. The molecular weight excluding hydrogens is 316 g/mol. The Morgan fingerprint density at radius 3 is 2.60 bits per heavy atom. The van der Waals surface area contributed by atoms with Gasteiger partial charge in [0.25, 0.3) is 0 Å². The van der Waals surface area contributed by atoms with Gasteiger partial charge in [-0.1, -0.05) is 44.9 Å². The maximum Gasteiger partial charge on any atom is 0.344 e. The summed E-state index contributed by atoms with van der Waals surface area (Å²) in [7, 11) is 0. The number of hydrogen-bond donors (Lipinski definition) is 0. The van der Waals surface area contributed by atoms with Gasteiger partial charge in [0.05, 0.1) is 5.56 Å². The summed E-state index contributed by atoms with van der Waals surface area (Å²) in [5.74, 6) is 0.488. The van der Waals surface area contributed by atoms with Gasteiger partial charge in [-0.3, -0.25) is 0 Å². The van der Waals surface area contributed by atoms with E-state index >= 15 is 0 Å². The Labute approximate surface area is 150 Å². The highest BCUT2D eigenvalue weighted by Gasteiger charge is 2.33. The molecule has 0 unspecified atom stereocenters. The minimum atomic E-state index is -0.476. The van der Waals surface area contributed by atoms with Crippen molar-refractivity contribution in [2.45, 2.75) is 60.0 Å². The van der Waals surface area contributed by atoms with E-state index in [4.69, 9.17) is 9.47 Å². The molecule has 1 aliphatic carbocycles. The number of carbonyl (C=O) groups is 2. The fourth-order valence-corrected chi connectivity index (χ4v) is 3.61. The molecule has 0 aliphatic heterocycles. The lowest BCUT2D eigenvalue weighted by molar-refractivity contribution is -0.159. The molecule has 1 fully saturated rings. The molecule has 0 aromatic heterocycles. The average Bonchev–Trinajstić information content (AvgIpc) is 2.54. The van der Waals surface area contributed by atoms with Crippen molar-refractivity contribution >= 4 is 11.9 Å². The van der Waals surface area contributed by atoms with E-state index < -0.39 is 11.9 Å². The fraction of sp³-hybridized carbons (Fsp3) is 0.619. The van der Waals surface area contributed by atoms with Crippen LogP contribution in [0.3, 0.4) is 0 Å². The van der Waals surface area contributed by atoms with Crippen LogP contribution in [0.4, 0.5) is 0 Å². The zero-order valence-corrected chi connectivity index (χ0v) is 16.0. The van der Waals surface area contributed by atoms with Gasteiger partial charge in [-0.05, 0) is 56.1 Å². The van der Waals surface area contributed by atoms with Gasteiger partial charge in [-0.25, -0.2) is 9.59 Å². The molecule has 25 heavy (non-hydrogen) atoms. The van der Waals surface area contributed by atoms with Gasteiger partial charge < -0.3 is 9.47 Å². The zero-order chi connectivity index (χ0) is 18.6. The van der Waals surface area contributed by atoms with E-state index in [1.807, 2.05) is 26.0 Å². The number of carbonyl (C=O) groups excluding carboxylic acids is 2. The molecule has 0 spiro atoms. The normalized spacial score (nSPS) is 23.4.